The number of rotatable bonds is 6. The van der Waals surface area contributed by atoms with Crippen molar-refractivity contribution in [2.24, 2.45) is 0 Å². The van der Waals surface area contributed by atoms with Crippen molar-refractivity contribution in [1.82, 2.24) is 14.8 Å². The van der Waals surface area contributed by atoms with Crippen molar-refractivity contribution < 1.29 is 9.53 Å². The fourth-order valence-electron chi connectivity index (χ4n) is 2.89. The molecule has 1 amide bonds. The number of hydrogen-bond donors (Lipinski definition) is 2. The Morgan fingerprint density at radius 1 is 1.03 bits per heavy atom. The number of halogens is 2. The zero-order chi connectivity index (χ0) is 21.8. The summed E-state index contributed by atoms with van der Waals surface area (Å²) in [6.07, 6.45) is 0. The maximum absolute atomic E-state index is 12.6. The van der Waals surface area contributed by atoms with E-state index in [1.807, 2.05) is 24.3 Å². The second kappa shape index (κ2) is 9.34. The summed E-state index contributed by atoms with van der Waals surface area (Å²) < 4.78 is 7.74. The summed E-state index contributed by atoms with van der Waals surface area (Å²) in [4.78, 5) is 12.6. The Bertz CT molecular complexity index is 1270. The van der Waals surface area contributed by atoms with Crippen LogP contribution >= 0.6 is 35.4 Å². The zero-order valence-corrected chi connectivity index (χ0v) is 18.3. The molecule has 0 spiro atoms. The maximum atomic E-state index is 12.6. The van der Waals surface area contributed by atoms with Crippen LogP contribution in [0, 0.1) is 4.77 Å². The van der Waals surface area contributed by atoms with Crippen LogP contribution in [0.1, 0.15) is 0 Å². The molecular formula is C22H16Cl2N4O2S. The van der Waals surface area contributed by atoms with E-state index in [4.69, 9.17) is 40.2 Å². The molecule has 9 heteroatoms. The Hall–Kier alpha value is -3.13. The third-order valence-corrected chi connectivity index (χ3v) is 5.24. The molecule has 2 N–H and O–H groups in total. The second-order valence-corrected chi connectivity index (χ2v) is 7.78. The Morgan fingerprint density at radius 3 is 2.45 bits per heavy atom. The Kier molecular flexibility index (Phi) is 6.36. The third-order valence-electron chi connectivity index (χ3n) is 4.36. The summed E-state index contributed by atoms with van der Waals surface area (Å²) >= 11 is 17.3. The monoisotopic (exact) mass is 470 g/mol. The lowest BCUT2D eigenvalue weighted by Crippen LogP contribution is -2.19. The van der Waals surface area contributed by atoms with Crippen molar-refractivity contribution in [3.63, 3.8) is 0 Å². The molecule has 0 atom stereocenters. The van der Waals surface area contributed by atoms with Crippen LogP contribution < -0.4 is 10.1 Å². The lowest BCUT2D eigenvalue weighted by Gasteiger charge is -2.10. The average molecular weight is 471 g/mol. The molecule has 156 valence electrons. The quantitative estimate of drug-likeness (QED) is 0.322. The molecular weight excluding hydrogens is 455 g/mol. The molecule has 0 saturated carbocycles. The number of para-hydroxylation sites is 1. The molecule has 31 heavy (non-hydrogen) atoms. The SMILES string of the molecule is O=C(Cn1c(-c2ccc(Cl)cc2)n[nH]c1=S)Nc1ccc(Oc2ccccc2Cl)cc1. The van der Waals surface area contributed by atoms with Crippen LogP contribution in [0.2, 0.25) is 10.0 Å². The molecule has 1 heterocycles. The maximum Gasteiger partial charge on any atom is 0.244 e. The molecule has 0 aliphatic carbocycles. The van der Waals surface area contributed by atoms with Crippen LogP contribution in [0.15, 0.2) is 72.8 Å². The van der Waals surface area contributed by atoms with E-state index in [1.54, 1.807) is 53.1 Å². The highest BCUT2D eigenvalue weighted by Gasteiger charge is 2.13. The molecule has 0 radical (unpaired) electrons. The minimum atomic E-state index is -0.243. The topological polar surface area (TPSA) is 71.9 Å². The van der Waals surface area contributed by atoms with Gasteiger partial charge < -0.3 is 10.1 Å². The van der Waals surface area contributed by atoms with Gasteiger partial charge >= 0.3 is 0 Å². The van der Waals surface area contributed by atoms with E-state index in [-0.39, 0.29) is 12.5 Å². The molecule has 0 aliphatic rings. The van der Waals surface area contributed by atoms with Gasteiger partial charge in [-0.1, -0.05) is 35.3 Å². The Labute approximate surface area is 193 Å². The highest BCUT2D eigenvalue weighted by molar-refractivity contribution is 7.71. The molecule has 4 aromatic rings. The highest BCUT2D eigenvalue weighted by atomic mass is 35.5. The molecule has 6 nitrogen and oxygen atoms in total. The number of aromatic amines is 1. The van der Waals surface area contributed by atoms with Gasteiger partial charge in [-0.15, -0.1) is 0 Å². The second-order valence-electron chi connectivity index (χ2n) is 6.55. The van der Waals surface area contributed by atoms with Gasteiger partial charge in [0.15, 0.2) is 10.6 Å². The van der Waals surface area contributed by atoms with Crippen LogP contribution in [-0.2, 0) is 11.3 Å². The molecule has 0 fully saturated rings. The van der Waals surface area contributed by atoms with Crippen LogP contribution in [0.4, 0.5) is 5.69 Å². The first kappa shape index (κ1) is 21.1. The number of nitrogens with zero attached hydrogens (tertiary/aromatic N) is 2. The number of carbonyl (C=O) groups excluding carboxylic acids is 1. The predicted molar refractivity (Wildman–Crippen MR) is 124 cm³/mol. The lowest BCUT2D eigenvalue weighted by atomic mass is 10.2. The van der Waals surface area contributed by atoms with Crippen LogP contribution in [0.5, 0.6) is 11.5 Å². The van der Waals surface area contributed by atoms with Gasteiger partial charge in [0.1, 0.15) is 18.0 Å². The summed E-state index contributed by atoms with van der Waals surface area (Å²) in [7, 11) is 0. The first-order valence-corrected chi connectivity index (χ1v) is 10.4. The van der Waals surface area contributed by atoms with Crippen molar-refractivity contribution in [2.45, 2.75) is 6.54 Å². The summed E-state index contributed by atoms with van der Waals surface area (Å²) in [6, 6.07) is 21.4. The zero-order valence-electron chi connectivity index (χ0n) is 16.0. The van der Waals surface area contributed by atoms with E-state index >= 15 is 0 Å². The van der Waals surface area contributed by atoms with E-state index in [1.165, 1.54) is 0 Å². The summed E-state index contributed by atoms with van der Waals surface area (Å²) in [5.74, 6) is 1.48. The Morgan fingerprint density at radius 2 is 1.74 bits per heavy atom. The number of aromatic nitrogens is 3. The van der Waals surface area contributed by atoms with Gasteiger partial charge in [0, 0.05) is 16.3 Å². The van der Waals surface area contributed by atoms with Gasteiger partial charge in [-0.05, 0) is 72.9 Å². The summed E-state index contributed by atoms with van der Waals surface area (Å²) in [5.41, 5.74) is 1.42. The smallest absolute Gasteiger partial charge is 0.244 e. The first-order valence-electron chi connectivity index (χ1n) is 9.23. The van der Waals surface area contributed by atoms with Crippen molar-refractivity contribution in [1.29, 1.82) is 0 Å². The summed E-state index contributed by atoms with van der Waals surface area (Å²) in [5, 5.41) is 10.9. The van der Waals surface area contributed by atoms with Gasteiger partial charge in [0.2, 0.25) is 5.91 Å². The number of carbonyl (C=O) groups is 1. The third kappa shape index (κ3) is 5.14. The normalized spacial score (nSPS) is 10.6. The standard InChI is InChI=1S/C22H16Cl2N4O2S/c23-15-7-5-14(6-8-15)21-26-27-22(31)28(21)13-20(29)25-16-9-11-17(12-10-16)30-19-4-2-1-3-18(19)24/h1-12H,13H2,(H,25,29)(H,27,31). The fourth-order valence-corrected chi connectivity index (χ4v) is 3.39. The van der Waals surface area contributed by atoms with E-state index in [2.05, 4.69) is 15.5 Å². The van der Waals surface area contributed by atoms with Gasteiger partial charge in [0.05, 0.1) is 5.02 Å². The minimum Gasteiger partial charge on any atom is -0.456 e. The molecule has 0 unspecified atom stereocenters. The number of H-pyrrole nitrogens is 1. The number of anilines is 1. The van der Waals surface area contributed by atoms with Crippen molar-refractivity contribution >= 4 is 47.0 Å². The number of benzene rings is 3. The van der Waals surface area contributed by atoms with E-state index in [0.29, 0.717) is 37.8 Å². The van der Waals surface area contributed by atoms with Crippen molar-refractivity contribution in [2.75, 3.05) is 5.32 Å². The van der Waals surface area contributed by atoms with Crippen molar-refractivity contribution in [3.8, 4) is 22.9 Å². The van der Waals surface area contributed by atoms with E-state index < -0.39 is 0 Å². The van der Waals surface area contributed by atoms with E-state index in [0.717, 1.165) is 5.56 Å². The average Bonchev–Trinajstić information content (AvgIpc) is 3.12. The number of ether oxygens (including phenoxy) is 1. The molecule has 0 bridgehead atoms. The van der Waals surface area contributed by atoms with Crippen LogP contribution in [0.3, 0.4) is 0 Å². The van der Waals surface area contributed by atoms with Crippen LogP contribution in [-0.4, -0.2) is 20.7 Å². The largest absolute Gasteiger partial charge is 0.456 e. The number of amides is 1. The van der Waals surface area contributed by atoms with Gasteiger partial charge in [-0.2, -0.15) is 5.10 Å². The van der Waals surface area contributed by atoms with Gasteiger partial charge in [0.25, 0.3) is 0 Å². The van der Waals surface area contributed by atoms with Gasteiger partial charge in [-0.25, -0.2) is 0 Å². The molecule has 3 aromatic carbocycles. The molecule has 1 aromatic heterocycles. The molecule has 0 aliphatic heterocycles. The minimum absolute atomic E-state index is 0.00513. The van der Waals surface area contributed by atoms with Gasteiger partial charge in [-0.3, -0.25) is 14.5 Å². The number of nitrogens with one attached hydrogen (secondary N) is 2. The molecule has 4 rings (SSSR count). The molecule has 0 saturated heterocycles. The highest BCUT2D eigenvalue weighted by Crippen LogP contribution is 2.29. The number of hydrogen-bond acceptors (Lipinski definition) is 4. The first-order chi connectivity index (χ1) is 15.0. The predicted octanol–water partition coefficient (Wildman–Crippen LogP) is 6.35. The Balaban J connectivity index is 1.44. The van der Waals surface area contributed by atoms with Crippen molar-refractivity contribution in [3.05, 3.63) is 87.6 Å². The summed E-state index contributed by atoms with van der Waals surface area (Å²) in [6.45, 7) is 0.00513. The van der Waals surface area contributed by atoms with Crippen LogP contribution in [0.25, 0.3) is 11.4 Å². The fraction of sp³-hybridized carbons (Fsp3) is 0.0455. The van der Waals surface area contributed by atoms with E-state index in [9.17, 15) is 4.79 Å². The lowest BCUT2D eigenvalue weighted by molar-refractivity contribution is -0.116.